The van der Waals surface area contributed by atoms with Crippen LogP contribution in [0.5, 0.6) is 5.75 Å². The van der Waals surface area contributed by atoms with Gasteiger partial charge in [0.15, 0.2) is 11.0 Å². The van der Waals surface area contributed by atoms with E-state index in [0.717, 1.165) is 40.0 Å². The highest BCUT2D eigenvalue weighted by molar-refractivity contribution is 7.99. The number of benzene rings is 2. The molecule has 27 heavy (non-hydrogen) atoms. The van der Waals surface area contributed by atoms with Crippen molar-refractivity contribution >= 4 is 11.8 Å². The Labute approximate surface area is 164 Å². The number of aliphatic hydroxyl groups is 1. The number of nitrogens with zero attached hydrogens (tertiary/aromatic N) is 3. The third kappa shape index (κ3) is 5.11. The number of aromatic nitrogens is 3. The minimum absolute atomic E-state index is 0.252. The van der Waals surface area contributed by atoms with Crippen LogP contribution < -0.4 is 4.74 Å². The summed E-state index contributed by atoms with van der Waals surface area (Å²) in [7, 11) is 0. The maximum absolute atomic E-state index is 10.3. The van der Waals surface area contributed by atoms with Gasteiger partial charge in [-0.1, -0.05) is 48.2 Å². The third-order valence-electron chi connectivity index (χ3n) is 4.11. The van der Waals surface area contributed by atoms with Gasteiger partial charge in [0.2, 0.25) is 0 Å². The lowest BCUT2D eigenvalue weighted by Crippen LogP contribution is -2.20. The number of thioether (sulfide) groups is 1. The molecule has 1 N–H and O–H groups in total. The minimum Gasteiger partial charge on any atom is -0.491 e. The van der Waals surface area contributed by atoms with E-state index in [1.54, 1.807) is 0 Å². The molecule has 5 nitrogen and oxygen atoms in total. The van der Waals surface area contributed by atoms with E-state index in [1.807, 2.05) is 56.3 Å². The summed E-state index contributed by atoms with van der Waals surface area (Å²) in [6.07, 6.45) is -0.585. The number of hydrogen-bond donors (Lipinski definition) is 1. The molecular weight excluding hydrogens is 358 g/mol. The molecule has 0 saturated heterocycles. The molecule has 0 aliphatic carbocycles. The second-order valence-electron chi connectivity index (χ2n) is 6.52. The number of aliphatic hydroxyl groups excluding tert-OH is 1. The lowest BCUT2D eigenvalue weighted by molar-refractivity contribution is 0.126. The van der Waals surface area contributed by atoms with Crippen molar-refractivity contribution in [3.05, 3.63) is 59.7 Å². The van der Waals surface area contributed by atoms with Crippen LogP contribution in [-0.2, 0) is 6.54 Å². The van der Waals surface area contributed by atoms with Gasteiger partial charge in [-0.3, -0.25) is 0 Å². The molecule has 2 aromatic carbocycles. The topological polar surface area (TPSA) is 60.2 Å². The number of rotatable bonds is 8. The summed E-state index contributed by atoms with van der Waals surface area (Å²) in [5.74, 6) is 2.14. The normalized spacial score (nSPS) is 12.1. The van der Waals surface area contributed by atoms with E-state index in [-0.39, 0.29) is 6.61 Å². The van der Waals surface area contributed by atoms with Gasteiger partial charge >= 0.3 is 0 Å². The maximum atomic E-state index is 10.3. The van der Waals surface area contributed by atoms with Crippen molar-refractivity contribution in [2.75, 3.05) is 12.4 Å². The molecule has 0 saturated carbocycles. The Bertz CT molecular complexity index is 860. The van der Waals surface area contributed by atoms with Crippen LogP contribution in [-0.4, -0.2) is 38.3 Å². The Hall–Kier alpha value is -2.31. The average molecular weight is 384 g/mol. The molecule has 1 aromatic heterocycles. The molecule has 0 amide bonds. The van der Waals surface area contributed by atoms with Gasteiger partial charge in [0.25, 0.3) is 0 Å². The third-order valence-corrected chi connectivity index (χ3v) is 5.22. The summed E-state index contributed by atoms with van der Waals surface area (Å²) in [4.78, 5) is 0. The Kier molecular flexibility index (Phi) is 6.53. The zero-order valence-electron chi connectivity index (χ0n) is 15.9. The summed E-state index contributed by atoms with van der Waals surface area (Å²) in [5, 5.41) is 19.7. The molecule has 0 fully saturated rings. The van der Waals surface area contributed by atoms with Crippen LogP contribution in [0.4, 0.5) is 0 Å². The van der Waals surface area contributed by atoms with Crippen LogP contribution >= 0.6 is 11.8 Å². The molecule has 3 aromatic rings. The fraction of sp³-hybridized carbons (Fsp3) is 0.333. The Balaban J connectivity index is 1.59. The fourth-order valence-electron chi connectivity index (χ4n) is 2.91. The summed E-state index contributed by atoms with van der Waals surface area (Å²) >= 11 is 1.50. The smallest absolute Gasteiger partial charge is 0.191 e. The van der Waals surface area contributed by atoms with E-state index >= 15 is 0 Å². The monoisotopic (exact) mass is 383 g/mol. The summed E-state index contributed by atoms with van der Waals surface area (Å²) < 4.78 is 7.81. The van der Waals surface area contributed by atoms with Gasteiger partial charge in [-0.05, 0) is 44.0 Å². The van der Waals surface area contributed by atoms with Crippen LogP contribution in [0.15, 0.2) is 53.7 Å². The molecule has 1 heterocycles. The first kappa shape index (κ1) is 19.5. The second-order valence-corrected chi connectivity index (χ2v) is 7.50. The molecule has 0 aliphatic rings. The van der Waals surface area contributed by atoms with Gasteiger partial charge in [-0.2, -0.15) is 0 Å². The summed E-state index contributed by atoms with van der Waals surface area (Å²) in [6.45, 7) is 7.16. The zero-order chi connectivity index (χ0) is 19.2. The first-order valence-corrected chi connectivity index (χ1v) is 10.1. The predicted molar refractivity (Wildman–Crippen MR) is 109 cm³/mol. The van der Waals surface area contributed by atoms with Gasteiger partial charge in [-0.25, -0.2) is 0 Å². The summed E-state index contributed by atoms with van der Waals surface area (Å²) in [5.41, 5.74) is 3.34. The molecular formula is C21H25N3O2S. The van der Waals surface area contributed by atoms with Crippen molar-refractivity contribution in [2.45, 2.75) is 38.6 Å². The van der Waals surface area contributed by atoms with Crippen molar-refractivity contribution in [2.24, 2.45) is 0 Å². The fourth-order valence-corrected chi connectivity index (χ4v) is 3.82. The van der Waals surface area contributed by atoms with Gasteiger partial charge in [-0.15, -0.1) is 10.2 Å². The standard InChI is InChI=1S/C21H25N3O2S/c1-4-24-20(17-8-6-5-7-9-17)22-23-21(24)27-14-18(25)13-26-19-11-15(2)10-16(3)12-19/h5-12,18,25H,4,13-14H2,1-3H3/t18-/m0/s1. The number of hydrogen-bond acceptors (Lipinski definition) is 5. The van der Waals surface area contributed by atoms with Gasteiger partial charge in [0.05, 0.1) is 6.10 Å². The highest BCUT2D eigenvalue weighted by Crippen LogP contribution is 2.24. The van der Waals surface area contributed by atoms with Gasteiger partial charge < -0.3 is 14.4 Å². The molecule has 0 bridgehead atoms. The molecule has 6 heteroatoms. The van der Waals surface area contributed by atoms with Crippen molar-refractivity contribution in [3.8, 4) is 17.1 Å². The van der Waals surface area contributed by atoms with E-state index in [4.69, 9.17) is 4.74 Å². The summed E-state index contributed by atoms with van der Waals surface area (Å²) in [6, 6.07) is 16.1. The SMILES string of the molecule is CCn1c(SC[C@@H](O)COc2cc(C)cc(C)c2)nnc1-c1ccccc1. The van der Waals surface area contributed by atoms with Gasteiger partial charge in [0, 0.05) is 17.9 Å². The zero-order valence-corrected chi connectivity index (χ0v) is 16.7. The van der Waals surface area contributed by atoms with Gasteiger partial charge in [0.1, 0.15) is 12.4 Å². The number of aryl methyl sites for hydroxylation is 2. The molecule has 3 rings (SSSR count). The van der Waals surface area contributed by atoms with Crippen LogP contribution in [0.2, 0.25) is 0 Å². The van der Waals surface area contributed by atoms with E-state index < -0.39 is 6.10 Å². The molecule has 0 unspecified atom stereocenters. The van der Waals surface area contributed by atoms with Crippen LogP contribution in [0.1, 0.15) is 18.1 Å². The van der Waals surface area contributed by atoms with Crippen LogP contribution in [0.25, 0.3) is 11.4 Å². The Morgan fingerprint density at radius 3 is 2.44 bits per heavy atom. The van der Waals surface area contributed by atoms with E-state index in [9.17, 15) is 5.11 Å². The number of ether oxygens (including phenoxy) is 1. The van der Waals surface area contributed by atoms with Crippen LogP contribution in [0, 0.1) is 13.8 Å². The lowest BCUT2D eigenvalue weighted by atomic mass is 10.1. The highest BCUT2D eigenvalue weighted by atomic mass is 32.2. The molecule has 0 radical (unpaired) electrons. The first-order chi connectivity index (χ1) is 13.1. The van der Waals surface area contributed by atoms with E-state index in [1.165, 1.54) is 11.8 Å². The second kappa shape index (κ2) is 9.06. The van der Waals surface area contributed by atoms with E-state index in [2.05, 4.69) is 27.8 Å². The lowest BCUT2D eigenvalue weighted by Gasteiger charge is -2.13. The molecule has 0 spiro atoms. The first-order valence-electron chi connectivity index (χ1n) is 9.07. The Morgan fingerprint density at radius 2 is 1.78 bits per heavy atom. The van der Waals surface area contributed by atoms with Crippen LogP contribution in [0.3, 0.4) is 0 Å². The predicted octanol–water partition coefficient (Wildman–Crippen LogP) is 4.11. The quantitative estimate of drug-likeness (QED) is 0.593. The molecule has 0 aliphatic heterocycles. The maximum Gasteiger partial charge on any atom is 0.191 e. The highest BCUT2D eigenvalue weighted by Gasteiger charge is 2.15. The molecule has 1 atom stereocenters. The average Bonchev–Trinajstić information content (AvgIpc) is 3.07. The minimum atomic E-state index is -0.585. The largest absolute Gasteiger partial charge is 0.491 e. The van der Waals surface area contributed by atoms with E-state index in [0.29, 0.717) is 5.75 Å². The van der Waals surface area contributed by atoms with Crippen molar-refractivity contribution < 1.29 is 9.84 Å². The van der Waals surface area contributed by atoms with Crippen molar-refractivity contribution in [3.63, 3.8) is 0 Å². The Morgan fingerprint density at radius 1 is 1.07 bits per heavy atom. The van der Waals surface area contributed by atoms with Crippen molar-refractivity contribution in [1.29, 1.82) is 0 Å². The molecule has 142 valence electrons. The van der Waals surface area contributed by atoms with Crippen molar-refractivity contribution in [1.82, 2.24) is 14.8 Å².